The van der Waals surface area contributed by atoms with Crippen LogP contribution in [0.5, 0.6) is 0 Å². The van der Waals surface area contributed by atoms with Gasteiger partial charge >= 0.3 is 5.97 Å². The molecule has 0 radical (unpaired) electrons. The first kappa shape index (κ1) is 15.1. The number of carboxylic acid groups (broad SMARTS) is 1. The van der Waals surface area contributed by atoms with Gasteiger partial charge in [-0.15, -0.1) is 11.3 Å². The lowest BCUT2D eigenvalue weighted by molar-refractivity contribution is -0.136. The van der Waals surface area contributed by atoms with E-state index >= 15 is 0 Å². The maximum Gasteiger partial charge on any atom is 0.311 e. The summed E-state index contributed by atoms with van der Waals surface area (Å²) in [5.74, 6) is -0.681. The molecule has 0 saturated carbocycles. The summed E-state index contributed by atoms with van der Waals surface area (Å²) < 4.78 is 1.02. The van der Waals surface area contributed by atoms with Crippen molar-refractivity contribution in [2.45, 2.75) is 19.4 Å². The van der Waals surface area contributed by atoms with Crippen molar-refractivity contribution in [3.63, 3.8) is 0 Å². The lowest BCUT2D eigenvalue weighted by atomic mass is 10.2. The zero-order chi connectivity index (χ0) is 16.4. The molecule has 0 saturated heterocycles. The van der Waals surface area contributed by atoms with Crippen LogP contribution in [0.15, 0.2) is 23.7 Å². The number of carbonyl (C=O) groups is 2. The first-order valence-corrected chi connectivity index (χ1v) is 7.68. The molecule has 3 aromatic rings. The molecule has 8 nitrogen and oxygen atoms in total. The number of rotatable bonds is 5. The average molecular weight is 331 g/mol. The van der Waals surface area contributed by atoms with Crippen LogP contribution >= 0.6 is 11.3 Å². The molecule has 0 spiro atoms. The van der Waals surface area contributed by atoms with Gasteiger partial charge in [-0.1, -0.05) is 0 Å². The van der Waals surface area contributed by atoms with Crippen LogP contribution in [0.3, 0.4) is 0 Å². The Bertz CT molecular complexity index is 872. The molecular formula is C14H13N5O3S. The number of aliphatic carboxylic acids is 1. The second-order valence-corrected chi connectivity index (χ2v) is 5.83. The molecule has 0 fully saturated rings. The maximum absolute atomic E-state index is 12.3. The summed E-state index contributed by atoms with van der Waals surface area (Å²) in [6, 6.07) is 4.86. The molecule has 1 amide bonds. The Morgan fingerprint density at radius 2 is 2.26 bits per heavy atom. The van der Waals surface area contributed by atoms with Gasteiger partial charge in [-0.2, -0.15) is 5.10 Å². The Labute approximate surface area is 134 Å². The average Bonchev–Trinajstić information content (AvgIpc) is 3.14. The van der Waals surface area contributed by atoms with E-state index in [2.05, 4.69) is 25.5 Å². The molecule has 1 atom stereocenters. The number of H-pyrrole nitrogens is 1. The van der Waals surface area contributed by atoms with Crippen LogP contribution in [0.25, 0.3) is 10.2 Å². The van der Waals surface area contributed by atoms with Crippen molar-refractivity contribution in [2.75, 3.05) is 0 Å². The van der Waals surface area contributed by atoms with Gasteiger partial charge in [0.25, 0.3) is 5.91 Å². The molecule has 2 aromatic heterocycles. The number of carboxylic acids is 1. The van der Waals surface area contributed by atoms with Crippen molar-refractivity contribution >= 4 is 33.4 Å². The van der Waals surface area contributed by atoms with Gasteiger partial charge in [-0.05, 0) is 25.1 Å². The standard InChI is InChI=1S/C14H13N5O3S/c1-7(13-17-11(18-19-13)5-12(20)21)16-14(22)8-2-3-10-9(4-8)15-6-23-10/h2-4,6-7H,5H2,1H3,(H,16,22)(H,20,21)(H,17,18,19)/t7-/m1/s1. The highest BCUT2D eigenvalue weighted by atomic mass is 32.1. The number of hydrogen-bond acceptors (Lipinski definition) is 6. The van der Waals surface area contributed by atoms with Crippen LogP contribution in [0.4, 0.5) is 0 Å². The van der Waals surface area contributed by atoms with E-state index in [0.29, 0.717) is 11.4 Å². The second kappa shape index (κ2) is 6.13. The van der Waals surface area contributed by atoms with E-state index in [1.807, 2.05) is 6.07 Å². The van der Waals surface area contributed by atoms with E-state index in [1.54, 1.807) is 24.6 Å². The molecule has 2 heterocycles. The number of carbonyl (C=O) groups excluding carboxylic acids is 1. The largest absolute Gasteiger partial charge is 0.481 e. The molecule has 0 unspecified atom stereocenters. The van der Waals surface area contributed by atoms with E-state index < -0.39 is 12.0 Å². The van der Waals surface area contributed by atoms with Crippen molar-refractivity contribution in [1.82, 2.24) is 25.5 Å². The molecule has 0 aliphatic heterocycles. The Balaban J connectivity index is 1.71. The minimum absolute atomic E-state index is 0.242. The Hall–Kier alpha value is -2.81. The number of fused-ring (bicyclic) bond motifs is 1. The normalized spacial score (nSPS) is 12.2. The minimum atomic E-state index is -0.999. The number of hydrogen-bond donors (Lipinski definition) is 3. The second-order valence-electron chi connectivity index (χ2n) is 4.94. The van der Waals surface area contributed by atoms with E-state index in [9.17, 15) is 9.59 Å². The molecular weight excluding hydrogens is 318 g/mol. The van der Waals surface area contributed by atoms with Crippen LogP contribution in [0.2, 0.25) is 0 Å². The highest BCUT2D eigenvalue weighted by Crippen LogP contribution is 2.19. The number of amides is 1. The zero-order valence-corrected chi connectivity index (χ0v) is 12.9. The van der Waals surface area contributed by atoms with Crippen LogP contribution in [0.1, 0.15) is 35.0 Å². The van der Waals surface area contributed by atoms with Gasteiger partial charge in [-0.3, -0.25) is 14.7 Å². The molecule has 3 N–H and O–H groups in total. The number of aromatic nitrogens is 4. The van der Waals surface area contributed by atoms with Gasteiger partial charge in [0.1, 0.15) is 12.2 Å². The van der Waals surface area contributed by atoms with Crippen LogP contribution in [-0.2, 0) is 11.2 Å². The predicted octanol–water partition coefficient (Wildman–Crippen LogP) is 1.53. The fraction of sp³-hybridized carbons (Fsp3) is 0.214. The highest BCUT2D eigenvalue weighted by Gasteiger charge is 2.17. The summed E-state index contributed by atoms with van der Waals surface area (Å²) in [7, 11) is 0. The van der Waals surface area contributed by atoms with Gasteiger partial charge in [-0.25, -0.2) is 9.97 Å². The van der Waals surface area contributed by atoms with Gasteiger partial charge in [0.05, 0.1) is 21.8 Å². The number of nitrogens with one attached hydrogen (secondary N) is 2. The first-order valence-electron chi connectivity index (χ1n) is 6.80. The molecule has 0 aliphatic carbocycles. The molecule has 0 aliphatic rings. The van der Waals surface area contributed by atoms with Crippen LogP contribution in [-0.4, -0.2) is 37.1 Å². The van der Waals surface area contributed by atoms with E-state index in [4.69, 9.17) is 5.11 Å². The molecule has 23 heavy (non-hydrogen) atoms. The van der Waals surface area contributed by atoms with Gasteiger partial charge in [0, 0.05) is 5.56 Å². The number of thiazole rings is 1. The molecule has 0 bridgehead atoms. The van der Waals surface area contributed by atoms with Gasteiger partial charge in [0.2, 0.25) is 0 Å². The summed E-state index contributed by atoms with van der Waals surface area (Å²) in [4.78, 5) is 31.2. The fourth-order valence-corrected chi connectivity index (χ4v) is 2.73. The van der Waals surface area contributed by atoms with Crippen molar-refractivity contribution in [2.24, 2.45) is 0 Å². The quantitative estimate of drug-likeness (QED) is 0.652. The van der Waals surface area contributed by atoms with E-state index in [-0.39, 0.29) is 18.2 Å². The SMILES string of the molecule is C[C@@H](NC(=O)c1ccc2scnc2c1)c1n[nH]c(CC(=O)O)n1. The highest BCUT2D eigenvalue weighted by molar-refractivity contribution is 7.16. The molecule has 118 valence electrons. The predicted molar refractivity (Wildman–Crippen MR) is 83.2 cm³/mol. The van der Waals surface area contributed by atoms with Crippen LogP contribution in [0, 0.1) is 0 Å². The number of benzene rings is 1. The molecule has 9 heteroatoms. The van der Waals surface area contributed by atoms with Gasteiger partial charge in [0.15, 0.2) is 5.82 Å². The van der Waals surface area contributed by atoms with Crippen LogP contribution < -0.4 is 5.32 Å². The summed E-state index contributed by atoms with van der Waals surface area (Å²) in [6.07, 6.45) is -0.242. The monoisotopic (exact) mass is 331 g/mol. The fourth-order valence-electron chi connectivity index (χ4n) is 2.07. The lowest BCUT2D eigenvalue weighted by Gasteiger charge is -2.10. The third-order valence-corrected chi connectivity index (χ3v) is 4.01. The molecule has 1 aromatic carbocycles. The van der Waals surface area contributed by atoms with E-state index in [0.717, 1.165) is 10.2 Å². The number of aromatic amines is 1. The first-order chi connectivity index (χ1) is 11.0. The summed E-state index contributed by atoms with van der Waals surface area (Å²) in [5, 5.41) is 18.0. The minimum Gasteiger partial charge on any atom is -0.481 e. The van der Waals surface area contributed by atoms with Crippen molar-refractivity contribution in [3.8, 4) is 0 Å². The number of nitrogens with zero attached hydrogens (tertiary/aromatic N) is 3. The topological polar surface area (TPSA) is 121 Å². The zero-order valence-electron chi connectivity index (χ0n) is 12.1. The Morgan fingerprint density at radius 3 is 3.04 bits per heavy atom. The Morgan fingerprint density at radius 1 is 1.43 bits per heavy atom. The van der Waals surface area contributed by atoms with Crippen molar-refractivity contribution < 1.29 is 14.7 Å². The summed E-state index contributed by atoms with van der Waals surface area (Å²) in [5.41, 5.74) is 3.00. The maximum atomic E-state index is 12.3. The van der Waals surface area contributed by atoms with Crippen molar-refractivity contribution in [3.05, 3.63) is 40.9 Å². The summed E-state index contributed by atoms with van der Waals surface area (Å²) in [6.45, 7) is 1.73. The summed E-state index contributed by atoms with van der Waals surface area (Å²) >= 11 is 1.51. The van der Waals surface area contributed by atoms with Gasteiger partial charge < -0.3 is 10.4 Å². The van der Waals surface area contributed by atoms with Crippen molar-refractivity contribution in [1.29, 1.82) is 0 Å². The van der Waals surface area contributed by atoms with E-state index in [1.165, 1.54) is 11.3 Å². The molecule has 3 rings (SSSR count). The Kier molecular flexibility index (Phi) is 4.02. The smallest absolute Gasteiger partial charge is 0.311 e. The third kappa shape index (κ3) is 3.34. The lowest BCUT2D eigenvalue weighted by Crippen LogP contribution is -2.27. The third-order valence-electron chi connectivity index (χ3n) is 3.20.